The molecule has 2 atom stereocenters. The molecule has 1 N–H and O–H groups in total. The van der Waals surface area contributed by atoms with Crippen LogP contribution in [0.5, 0.6) is 5.75 Å². The summed E-state index contributed by atoms with van der Waals surface area (Å²) in [6.45, 7) is 11.8. The Hall–Kier alpha value is -2.79. The summed E-state index contributed by atoms with van der Waals surface area (Å²) in [7, 11) is 0. The van der Waals surface area contributed by atoms with Crippen LogP contribution in [0.1, 0.15) is 43.9 Å². The first-order chi connectivity index (χ1) is 15.9. The third-order valence-electron chi connectivity index (χ3n) is 7.52. The predicted octanol–water partition coefficient (Wildman–Crippen LogP) is 5.36. The van der Waals surface area contributed by atoms with Crippen molar-refractivity contribution < 1.29 is 14.3 Å². The van der Waals surface area contributed by atoms with E-state index in [2.05, 4.69) is 73.1 Å². The number of ether oxygens (including phenoxy) is 2. The van der Waals surface area contributed by atoms with Crippen molar-refractivity contribution in [2.75, 3.05) is 26.2 Å². The largest absolute Gasteiger partial charge is 0.493 e. The molecular weight excluding hydrogens is 412 g/mol. The minimum Gasteiger partial charge on any atom is -0.493 e. The van der Waals surface area contributed by atoms with Gasteiger partial charge in [-0.1, -0.05) is 56.3 Å². The molecule has 33 heavy (non-hydrogen) atoms. The smallest absolute Gasteiger partial charge is 0.407 e. The van der Waals surface area contributed by atoms with Gasteiger partial charge in [0.2, 0.25) is 0 Å². The number of hydrogen-bond acceptors (Lipinski definition) is 4. The van der Waals surface area contributed by atoms with Crippen molar-refractivity contribution in [2.45, 2.75) is 45.3 Å². The topological polar surface area (TPSA) is 50.8 Å². The first-order valence-electron chi connectivity index (χ1n) is 12.1. The van der Waals surface area contributed by atoms with Crippen molar-refractivity contribution in [3.05, 3.63) is 66.2 Å². The van der Waals surface area contributed by atoms with Crippen LogP contribution in [0.2, 0.25) is 0 Å². The molecular formula is C28H34N2O3. The zero-order chi connectivity index (χ0) is 23.0. The fraction of sp³-hybridized carbons (Fsp3) is 0.464. The van der Waals surface area contributed by atoms with Crippen LogP contribution in [0.25, 0.3) is 11.1 Å². The quantitative estimate of drug-likeness (QED) is 0.628. The van der Waals surface area contributed by atoms with Crippen molar-refractivity contribution in [1.29, 1.82) is 0 Å². The molecule has 0 aromatic heterocycles. The van der Waals surface area contributed by atoms with Gasteiger partial charge in [0.25, 0.3) is 0 Å². The summed E-state index contributed by atoms with van der Waals surface area (Å²) in [5, 5.41) is 3.19. The number of carbonyl (C=O) groups is 1. The Morgan fingerprint density at radius 3 is 2.76 bits per heavy atom. The summed E-state index contributed by atoms with van der Waals surface area (Å²) < 4.78 is 12.1. The van der Waals surface area contributed by atoms with Crippen LogP contribution in [0, 0.1) is 11.3 Å². The normalized spacial score (nSPS) is 27.2. The molecule has 3 fully saturated rings. The highest BCUT2D eigenvalue weighted by Gasteiger charge is 2.41. The summed E-state index contributed by atoms with van der Waals surface area (Å²) in [5.41, 5.74) is 4.28. The van der Waals surface area contributed by atoms with Gasteiger partial charge >= 0.3 is 6.09 Å². The molecule has 0 saturated carbocycles. The van der Waals surface area contributed by atoms with E-state index in [0.717, 1.165) is 55.8 Å². The lowest BCUT2D eigenvalue weighted by molar-refractivity contribution is -0.0361. The number of alkyl carbamates (subject to hydrolysis) is 1. The van der Waals surface area contributed by atoms with Gasteiger partial charge in [0.1, 0.15) is 11.9 Å². The number of nitrogens with one attached hydrogen (secondary N) is 1. The van der Waals surface area contributed by atoms with E-state index >= 15 is 0 Å². The number of fused-ring (bicyclic) bond motifs is 4. The van der Waals surface area contributed by atoms with E-state index in [-0.39, 0.29) is 23.7 Å². The van der Waals surface area contributed by atoms with Crippen molar-refractivity contribution in [3.8, 4) is 16.9 Å². The standard InChI is InChI=1S/C28H34N2O3/c1-4-7-19-8-5-6-9-22(19)21-10-11-23-24(16-21)32-18-28(2,3)26(23)29-27(31)33-25-17-30-14-12-20(25)13-15-30/h4-6,8-11,16,20,25-26H,1,7,12-15,17-18H2,2-3H3,(H,29,31)/t25-,26?/m0/s1. The molecule has 1 amide bonds. The Morgan fingerprint density at radius 2 is 2.03 bits per heavy atom. The molecule has 2 aromatic rings. The highest BCUT2D eigenvalue weighted by Crippen LogP contribution is 2.44. The molecule has 2 aromatic carbocycles. The van der Waals surface area contributed by atoms with Gasteiger partial charge in [-0.05, 0) is 61.0 Å². The van der Waals surface area contributed by atoms with Gasteiger partial charge in [-0.2, -0.15) is 0 Å². The van der Waals surface area contributed by atoms with Crippen molar-refractivity contribution in [1.82, 2.24) is 10.2 Å². The molecule has 4 aliphatic heterocycles. The number of piperidine rings is 3. The van der Waals surface area contributed by atoms with Gasteiger partial charge < -0.3 is 14.8 Å². The summed E-state index contributed by atoms with van der Waals surface area (Å²) in [6, 6.07) is 14.5. The lowest BCUT2D eigenvalue weighted by Crippen LogP contribution is -2.53. The Kier molecular flexibility index (Phi) is 5.92. The number of allylic oxidation sites excluding steroid dienone is 1. The fourth-order valence-electron chi connectivity index (χ4n) is 5.58. The highest BCUT2D eigenvalue weighted by atomic mass is 16.6. The van der Waals surface area contributed by atoms with Gasteiger partial charge in [-0.3, -0.25) is 4.90 Å². The van der Waals surface area contributed by atoms with Crippen LogP contribution in [0.15, 0.2) is 55.1 Å². The van der Waals surface area contributed by atoms with Crippen LogP contribution < -0.4 is 10.1 Å². The number of rotatable bonds is 5. The number of nitrogens with zero attached hydrogens (tertiary/aromatic N) is 1. The van der Waals surface area contributed by atoms with E-state index < -0.39 is 0 Å². The molecule has 2 bridgehead atoms. The summed E-state index contributed by atoms with van der Waals surface area (Å²) >= 11 is 0. The average Bonchev–Trinajstić information content (AvgIpc) is 2.82. The number of hydrogen-bond donors (Lipinski definition) is 1. The third kappa shape index (κ3) is 4.39. The minimum atomic E-state index is -0.319. The van der Waals surface area contributed by atoms with E-state index in [1.54, 1.807) is 0 Å². The number of amides is 1. The van der Waals surface area contributed by atoms with Crippen LogP contribution in [-0.4, -0.2) is 43.3 Å². The molecule has 5 nitrogen and oxygen atoms in total. The number of benzene rings is 2. The molecule has 0 radical (unpaired) electrons. The first kappa shape index (κ1) is 22.0. The van der Waals surface area contributed by atoms with Gasteiger partial charge in [-0.15, -0.1) is 6.58 Å². The second kappa shape index (κ2) is 8.86. The van der Waals surface area contributed by atoms with Crippen LogP contribution in [0.3, 0.4) is 0 Å². The van der Waals surface area contributed by atoms with Crippen molar-refractivity contribution >= 4 is 6.09 Å². The van der Waals surface area contributed by atoms with Gasteiger partial charge in [-0.25, -0.2) is 4.79 Å². The summed E-state index contributed by atoms with van der Waals surface area (Å²) in [6.07, 6.45) is 4.67. The summed E-state index contributed by atoms with van der Waals surface area (Å²) in [5.74, 6) is 1.32. The fourth-order valence-corrected chi connectivity index (χ4v) is 5.58. The van der Waals surface area contributed by atoms with Crippen LogP contribution in [-0.2, 0) is 11.2 Å². The average molecular weight is 447 g/mol. The lowest BCUT2D eigenvalue weighted by atomic mass is 9.78. The van der Waals surface area contributed by atoms with E-state index in [1.165, 1.54) is 11.1 Å². The monoisotopic (exact) mass is 446 g/mol. The molecule has 0 spiro atoms. The van der Waals surface area contributed by atoms with E-state index in [0.29, 0.717) is 12.5 Å². The third-order valence-corrected chi connectivity index (χ3v) is 7.52. The molecule has 1 unspecified atom stereocenters. The van der Waals surface area contributed by atoms with Crippen molar-refractivity contribution in [3.63, 3.8) is 0 Å². The predicted molar refractivity (Wildman–Crippen MR) is 130 cm³/mol. The maximum absolute atomic E-state index is 13.0. The van der Waals surface area contributed by atoms with Crippen LogP contribution in [0.4, 0.5) is 4.79 Å². The molecule has 4 aliphatic rings. The molecule has 174 valence electrons. The number of carbonyl (C=O) groups excluding carboxylic acids is 1. The molecule has 6 rings (SSSR count). The zero-order valence-electron chi connectivity index (χ0n) is 19.7. The van der Waals surface area contributed by atoms with Crippen LogP contribution >= 0.6 is 0 Å². The van der Waals surface area contributed by atoms with E-state index in [1.807, 2.05) is 6.08 Å². The second-order valence-electron chi connectivity index (χ2n) is 10.3. The molecule has 5 heteroatoms. The molecule has 3 saturated heterocycles. The van der Waals surface area contributed by atoms with Gasteiger partial charge in [0.05, 0.1) is 12.6 Å². The summed E-state index contributed by atoms with van der Waals surface area (Å²) in [4.78, 5) is 15.4. The lowest BCUT2D eigenvalue weighted by Gasteiger charge is -2.44. The van der Waals surface area contributed by atoms with Gasteiger partial charge in [0.15, 0.2) is 0 Å². The molecule has 0 aliphatic carbocycles. The highest BCUT2D eigenvalue weighted by molar-refractivity contribution is 5.72. The Labute approximate surface area is 196 Å². The zero-order valence-corrected chi connectivity index (χ0v) is 19.7. The Balaban J connectivity index is 1.37. The van der Waals surface area contributed by atoms with E-state index in [4.69, 9.17) is 9.47 Å². The Bertz CT molecular complexity index is 1040. The second-order valence-corrected chi connectivity index (χ2v) is 10.3. The Morgan fingerprint density at radius 1 is 1.24 bits per heavy atom. The SMILES string of the molecule is C=CCc1ccccc1-c1ccc2c(c1)OCC(C)(C)C2NC(=O)O[C@H]1CN2CCC1CC2. The van der Waals surface area contributed by atoms with E-state index in [9.17, 15) is 4.79 Å². The maximum atomic E-state index is 13.0. The molecule has 4 heterocycles. The minimum absolute atomic E-state index is 0.00124. The van der Waals surface area contributed by atoms with Gasteiger partial charge in [0, 0.05) is 17.5 Å². The van der Waals surface area contributed by atoms with Crippen molar-refractivity contribution in [2.24, 2.45) is 11.3 Å². The maximum Gasteiger partial charge on any atom is 0.407 e. The first-order valence-corrected chi connectivity index (χ1v) is 12.1.